The lowest BCUT2D eigenvalue weighted by Crippen LogP contribution is -2.36. The number of benzene rings is 2. The molecule has 0 radical (unpaired) electrons. The Morgan fingerprint density at radius 2 is 1.79 bits per heavy atom. The molecular weight excluding hydrogens is 368 g/mol. The lowest BCUT2D eigenvalue weighted by Gasteiger charge is -2.12. The number of nitrogens with zero attached hydrogens (tertiary/aromatic N) is 3. The van der Waals surface area contributed by atoms with Gasteiger partial charge in [0.1, 0.15) is 0 Å². The first-order chi connectivity index (χ1) is 13.7. The van der Waals surface area contributed by atoms with Crippen LogP contribution in [-0.4, -0.2) is 32.5 Å². The Balaban J connectivity index is 1.39. The standard InChI is InChI=1S/C22H22N4OS/c1-2-12-26-21(16-8-4-3-5-9-16)24-25-22(26)28-15-20(27)23-19-13-17-10-6-7-11-18(17)14-19/h2-11,19H,1,12-15H2,(H,23,27). The van der Waals surface area contributed by atoms with Crippen molar-refractivity contribution in [1.82, 2.24) is 20.1 Å². The zero-order chi connectivity index (χ0) is 19.3. The van der Waals surface area contributed by atoms with Crippen molar-refractivity contribution in [2.45, 2.75) is 30.6 Å². The number of nitrogens with one attached hydrogen (secondary N) is 1. The van der Waals surface area contributed by atoms with Crippen LogP contribution in [0.5, 0.6) is 0 Å². The SMILES string of the molecule is C=CCn1c(SCC(=O)NC2Cc3ccccc3C2)nnc1-c1ccccc1. The number of carbonyl (C=O) groups excluding carboxylic acids is 1. The number of hydrogen-bond donors (Lipinski definition) is 1. The van der Waals surface area contributed by atoms with Crippen molar-refractivity contribution in [3.05, 3.63) is 78.4 Å². The van der Waals surface area contributed by atoms with Gasteiger partial charge in [0, 0.05) is 18.2 Å². The largest absolute Gasteiger partial charge is 0.352 e. The van der Waals surface area contributed by atoms with Crippen LogP contribution in [0.2, 0.25) is 0 Å². The van der Waals surface area contributed by atoms with Crippen LogP contribution in [0.1, 0.15) is 11.1 Å². The highest BCUT2D eigenvalue weighted by Gasteiger charge is 2.23. The van der Waals surface area contributed by atoms with E-state index in [0.717, 1.165) is 29.4 Å². The van der Waals surface area contributed by atoms with Gasteiger partial charge < -0.3 is 5.32 Å². The van der Waals surface area contributed by atoms with Crippen molar-refractivity contribution in [2.75, 3.05) is 5.75 Å². The van der Waals surface area contributed by atoms with E-state index in [-0.39, 0.29) is 11.9 Å². The van der Waals surface area contributed by atoms with Crippen molar-refractivity contribution >= 4 is 17.7 Å². The molecule has 0 saturated heterocycles. The van der Waals surface area contributed by atoms with Gasteiger partial charge in [0.15, 0.2) is 11.0 Å². The molecule has 0 bridgehead atoms. The first-order valence-corrected chi connectivity index (χ1v) is 10.3. The van der Waals surface area contributed by atoms with Crippen molar-refractivity contribution in [2.24, 2.45) is 0 Å². The third-order valence-electron chi connectivity index (χ3n) is 4.81. The summed E-state index contributed by atoms with van der Waals surface area (Å²) in [5.74, 6) is 1.13. The molecule has 1 heterocycles. The second kappa shape index (κ2) is 8.44. The molecule has 5 nitrogen and oxygen atoms in total. The van der Waals surface area contributed by atoms with Gasteiger partial charge in [-0.15, -0.1) is 16.8 Å². The molecule has 142 valence electrons. The topological polar surface area (TPSA) is 59.8 Å². The van der Waals surface area contributed by atoms with Crippen LogP contribution >= 0.6 is 11.8 Å². The molecule has 2 aromatic carbocycles. The van der Waals surface area contributed by atoms with E-state index in [2.05, 4.69) is 46.4 Å². The molecule has 1 N–H and O–H groups in total. The van der Waals surface area contributed by atoms with E-state index in [0.29, 0.717) is 12.3 Å². The molecule has 3 aromatic rings. The quantitative estimate of drug-likeness (QED) is 0.495. The molecule has 1 aromatic heterocycles. The summed E-state index contributed by atoms with van der Waals surface area (Å²) in [6, 6.07) is 18.5. The lowest BCUT2D eigenvalue weighted by molar-refractivity contribution is -0.119. The Kier molecular flexibility index (Phi) is 5.58. The first kappa shape index (κ1) is 18.5. The minimum atomic E-state index is 0.0252. The Labute approximate surface area is 168 Å². The highest BCUT2D eigenvalue weighted by molar-refractivity contribution is 7.99. The van der Waals surface area contributed by atoms with Crippen molar-refractivity contribution in [3.63, 3.8) is 0 Å². The molecule has 0 fully saturated rings. The predicted octanol–water partition coefficient (Wildman–Crippen LogP) is 3.51. The van der Waals surface area contributed by atoms with Crippen LogP contribution in [0.4, 0.5) is 0 Å². The van der Waals surface area contributed by atoms with Crippen LogP contribution in [0.25, 0.3) is 11.4 Å². The van der Waals surface area contributed by atoms with Gasteiger partial charge in [-0.05, 0) is 24.0 Å². The second-order valence-corrected chi connectivity index (χ2v) is 7.74. The van der Waals surface area contributed by atoms with E-state index in [4.69, 9.17) is 0 Å². The zero-order valence-corrected chi connectivity index (χ0v) is 16.4. The van der Waals surface area contributed by atoms with Gasteiger partial charge in [-0.3, -0.25) is 9.36 Å². The zero-order valence-electron chi connectivity index (χ0n) is 15.5. The summed E-state index contributed by atoms with van der Waals surface area (Å²) in [6.07, 6.45) is 3.62. The summed E-state index contributed by atoms with van der Waals surface area (Å²) in [7, 11) is 0. The monoisotopic (exact) mass is 390 g/mol. The van der Waals surface area contributed by atoms with Gasteiger partial charge in [-0.1, -0.05) is 72.4 Å². The number of aromatic nitrogens is 3. The summed E-state index contributed by atoms with van der Waals surface area (Å²) in [5.41, 5.74) is 3.66. The van der Waals surface area contributed by atoms with Gasteiger partial charge in [-0.25, -0.2) is 0 Å². The number of hydrogen-bond acceptors (Lipinski definition) is 4. The fourth-order valence-electron chi connectivity index (χ4n) is 3.55. The average molecular weight is 391 g/mol. The van der Waals surface area contributed by atoms with Crippen LogP contribution < -0.4 is 5.32 Å². The highest BCUT2D eigenvalue weighted by Crippen LogP contribution is 2.25. The lowest BCUT2D eigenvalue weighted by atomic mass is 10.1. The van der Waals surface area contributed by atoms with Gasteiger partial charge in [0.05, 0.1) is 5.75 Å². The molecular formula is C22H22N4OS. The molecule has 0 atom stereocenters. The molecule has 0 unspecified atom stereocenters. The fraction of sp³-hybridized carbons (Fsp3) is 0.227. The number of carbonyl (C=O) groups is 1. The highest BCUT2D eigenvalue weighted by atomic mass is 32.2. The molecule has 0 aliphatic heterocycles. The van der Waals surface area contributed by atoms with Crippen molar-refractivity contribution < 1.29 is 4.79 Å². The molecule has 1 aliphatic rings. The van der Waals surface area contributed by atoms with Crippen LogP contribution in [0, 0.1) is 0 Å². The van der Waals surface area contributed by atoms with Gasteiger partial charge >= 0.3 is 0 Å². The Morgan fingerprint density at radius 3 is 2.46 bits per heavy atom. The third kappa shape index (κ3) is 4.02. The van der Waals surface area contributed by atoms with Gasteiger partial charge in [0.25, 0.3) is 0 Å². The summed E-state index contributed by atoms with van der Waals surface area (Å²) >= 11 is 1.41. The minimum absolute atomic E-state index is 0.0252. The molecule has 0 saturated carbocycles. The Hall–Kier alpha value is -2.86. The number of amides is 1. The maximum Gasteiger partial charge on any atom is 0.230 e. The summed E-state index contributed by atoms with van der Waals surface area (Å²) < 4.78 is 1.99. The minimum Gasteiger partial charge on any atom is -0.352 e. The first-order valence-electron chi connectivity index (χ1n) is 9.33. The number of allylic oxidation sites excluding steroid dienone is 1. The Morgan fingerprint density at radius 1 is 1.11 bits per heavy atom. The van der Waals surface area contributed by atoms with Gasteiger partial charge in [-0.2, -0.15) is 0 Å². The predicted molar refractivity (Wildman–Crippen MR) is 112 cm³/mol. The number of rotatable bonds is 7. The maximum atomic E-state index is 12.5. The smallest absolute Gasteiger partial charge is 0.230 e. The summed E-state index contributed by atoms with van der Waals surface area (Å²) in [6.45, 7) is 4.43. The normalized spacial score (nSPS) is 13.3. The molecule has 1 amide bonds. The number of fused-ring (bicyclic) bond motifs is 1. The maximum absolute atomic E-state index is 12.5. The van der Waals surface area contributed by atoms with E-state index in [1.165, 1.54) is 22.9 Å². The van der Waals surface area contributed by atoms with Crippen LogP contribution in [0.15, 0.2) is 72.4 Å². The van der Waals surface area contributed by atoms with Crippen LogP contribution in [-0.2, 0) is 24.2 Å². The van der Waals surface area contributed by atoms with E-state index in [1.54, 1.807) is 0 Å². The summed E-state index contributed by atoms with van der Waals surface area (Å²) in [5, 5.41) is 12.5. The molecule has 4 rings (SSSR count). The van der Waals surface area contributed by atoms with Crippen molar-refractivity contribution in [1.29, 1.82) is 0 Å². The fourth-order valence-corrected chi connectivity index (χ4v) is 4.31. The molecule has 28 heavy (non-hydrogen) atoms. The molecule has 0 spiro atoms. The van der Waals surface area contributed by atoms with E-state index in [1.807, 2.05) is 41.0 Å². The van der Waals surface area contributed by atoms with Gasteiger partial charge in [0.2, 0.25) is 5.91 Å². The molecule has 1 aliphatic carbocycles. The average Bonchev–Trinajstić information content (AvgIpc) is 3.30. The second-order valence-electron chi connectivity index (χ2n) is 6.80. The van der Waals surface area contributed by atoms with E-state index in [9.17, 15) is 4.79 Å². The van der Waals surface area contributed by atoms with Crippen molar-refractivity contribution in [3.8, 4) is 11.4 Å². The number of thioether (sulfide) groups is 1. The molecule has 6 heteroatoms. The van der Waals surface area contributed by atoms with E-state index < -0.39 is 0 Å². The summed E-state index contributed by atoms with van der Waals surface area (Å²) in [4.78, 5) is 12.5. The Bertz CT molecular complexity index is 958. The third-order valence-corrected chi connectivity index (χ3v) is 5.78. The van der Waals surface area contributed by atoms with E-state index >= 15 is 0 Å². The van der Waals surface area contributed by atoms with Crippen LogP contribution in [0.3, 0.4) is 0 Å².